The van der Waals surface area contributed by atoms with Crippen LogP contribution in [0, 0.1) is 0 Å². The SMILES string of the molecule is CCCOc1nc(NC)nc(-c2cccc3c2OCC3)n1. The zero-order valence-electron chi connectivity index (χ0n) is 12.2. The summed E-state index contributed by atoms with van der Waals surface area (Å²) in [6.45, 7) is 3.32. The van der Waals surface area contributed by atoms with Crippen molar-refractivity contribution < 1.29 is 9.47 Å². The van der Waals surface area contributed by atoms with Gasteiger partial charge in [-0.1, -0.05) is 19.1 Å². The van der Waals surface area contributed by atoms with Crippen LogP contribution in [0.1, 0.15) is 18.9 Å². The van der Waals surface area contributed by atoms with E-state index in [0.717, 1.165) is 24.2 Å². The van der Waals surface area contributed by atoms with Gasteiger partial charge in [0.05, 0.1) is 18.8 Å². The van der Waals surface area contributed by atoms with Crippen LogP contribution in [-0.4, -0.2) is 35.2 Å². The summed E-state index contributed by atoms with van der Waals surface area (Å²) in [4.78, 5) is 13.0. The predicted octanol–water partition coefficient (Wildman–Crippen LogP) is 2.30. The summed E-state index contributed by atoms with van der Waals surface area (Å²) in [6.07, 6.45) is 1.83. The normalized spacial score (nSPS) is 12.7. The molecule has 0 unspecified atom stereocenters. The van der Waals surface area contributed by atoms with Crippen molar-refractivity contribution in [2.24, 2.45) is 0 Å². The van der Waals surface area contributed by atoms with Crippen LogP contribution in [0.25, 0.3) is 11.4 Å². The molecule has 0 atom stereocenters. The van der Waals surface area contributed by atoms with Crippen LogP contribution < -0.4 is 14.8 Å². The topological polar surface area (TPSA) is 69.2 Å². The maximum absolute atomic E-state index is 5.72. The third-order valence-electron chi connectivity index (χ3n) is 3.23. The standard InChI is InChI=1S/C15H18N4O2/c1-3-8-21-15-18-13(17-14(16-2)19-15)11-6-4-5-10-7-9-20-12(10)11/h4-6H,3,7-9H2,1-2H3,(H,16,17,18,19). The molecule has 2 aromatic rings. The minimum Gasteiger partial charge on any atom is -0.492 e. The molecule has 1 aromatic heterocycles. The van der Waals surface area contributed by atoms with Gasteiger partial charge in [0.15, 0.2) is 5.82 Å². The second-order valence-corrected chi connectivity index (χ2v) is 4.76. The minimum atomic E-state index is 0.335. The summed E-state index contributed by atoms with van der Waals surface area (Å²) in [6, 6.07) is 6.36. The van der Waals surface area contributed by atoms with Gasteiger partial charge in [0.25, 0.3) is 0 Å². The first-order valence-corrected chi connectivity index (χ1v) is 7.13. The number of hydrogen-bond acceptors (Lipinski definition) is 6. The summed E-state index contributed by atoms with van der Waals surface area (Å²) in [5.74, 6) is 1.92. The van der Waals surface area contributed by atoms with Gasteiger partial charge in [-0.05, 0) is 18.1 Å². The Morgan fingerprint density at radius 2 is 2.19 bits per heavy atom. The Morgan fingerprint density at radius 3 is 3.00 bits per heavy atom. The van der Waals surface area contributed by atoms with E-state index in [1.54, 1.807) is 7.05 Å². The molecule has 0 amide bonds. The smallest absolute Gasteiger partial charge is 0.321 e. The number of anilines is 1. The van der Waals surface area contributed by atoms with Gasteiger partial charge in [-0.15, -0.1) is 0 Å². The molecule has 2 heterocycles. The van der Waals surface area contributed by atoms with E-state index in [1.807, 2.05) is 19.1 Å². The van der Waals surface area contributed by atoms with E-state index >= 15 is 0 Å². The second kappa shape index (κ2) is 5.95. The predicted molar refractivity (Wildman–Crippen MR) is 79.8 cm³/mol. The average molecular weight is 286 g/mol. The van der Waals surface area contributed by atoms with E-state index in [1.165, 1.54) is 5.56 Å². The number of fused-ring (bicyclic) bond motifs is 1. The number of hydrogen-bond donors (Lipinski definition) is 1. The van der Waals surface area contributed by atoms with Gasteiger partial charge in [-0.3, -0.25) is 0 Å². The van der Waals surface area contributed by atoms with Crippen LogP contribution in [0.2, 0.25) is 0 Å². The van der Waals surface area contributed by atoms with Crippen molar-refractivity contribution in [2.45, 2.75) is 19.8 Å². The maximum Gasteiger partial charge on any atom is 0.321 e. The summed E-state index contributed by atoms with van der Waals surface area (Å²) in [5, 5.41) is 2.94. The largest absolute Gasteiger partial charge is 0.492 e. The summed E-state index contributed by atoms with van der Waals surface area (Å²) in [5.41, 5.74) is 2.07. The van der Waals surface area contributed by atoms with Gasteiger partial charge in [0, 0.05) is 13.5 Å². The number of rotatable bonds is 5. The molecule has 0 radical (unpaired) electrons. The molecule has 0 bridgehead atoms. The van der Waals surface area contributed by atoms with Crippen molar-refractivity contribution in [3.63, 3.8) is 0 Å². The lowest BCUT2D eigenvalue weighted by Gasteiger charge is -2.10. The molecule has 1 N–H and O–H groups in total. The van der Waals surface area contributed by atoms with Crippen LogP contribution >= 0.6 is 0 Å². The van der Waals surface area contributed by atoms with Crippen molar-refractivity contribution in [1.82, 2.24) is 15.0 Å². The Morgan fingerprint density at radius 1 is 1.29 bits per heavy atom. The van der Waals surface area contributed by atoms with E-state index < -0.39 is 0 Å². The summed E-state index contributed by atoms with van der Waals surface area (Å²) < 4.78 is 11.3. The van der Waals surface area contributed by atoms with Gasteiger partial charge in [0.2, 0.25) is 5.95 Å². The lowest BCUT2D eigenvalue weighted by Crippen LogP contribution is -2.06. The first-order valence-electron chi connectivity index (χ1n) is 7.13. The van der Waals surface area contributed by atoms with Gasteiger partial charge in [-0.2, -0.15) is 15.0 Å². The lowest BCUT2D eigenvalue weighted by molar-refractivity contribution is 0.292. The third kappa shape index (κ3) is 2.74. The molecule has 0 spiro atoms. The quantitative estimate of drug-likeness (QED) is 0.909. The molecule has 0 fully saturated rings. The zero-order chi connectivity index (χ0) is 14.7. The molecule has 110 valence electrons. The first kappa shape index (κ1) is 13.6. The van der Waals surface area contributed by atoms with Crippen LogP contribution in [0.3, 0.4) is 0 Å². The third-order valence-corrected chi connectivity index (χ3v) is 3.23. The van der Waals surface area contributed by atoms with Crippen molar-refractivity contribution in [1.29, 1.82) is 0 Å². The Labute approximate surface area is 123 Å². The van der Waals surface area contributed by atoms with E-state index in [2.05, 4.69) is 26.3 Å². The van der Waals surface area contributed by atoms with Gasteiger partial charge in [0.1, 0.15) is 5.75 Å². The number of aromatic nitrogens is 3. The van der Waals surface area contributed by atoms with Crippen molar-refractivity contribution in [2.75, 3.05) is 25.6 Å². The highest BCUT2D eigenvalue weighted by Gasteiger charge is 2.20. The van der Waals surface area contributed by atoms with Crippen LogP contribution in [0.15, 0.2) is 18.2 Å². The van der Waals surface area contributed by atoms with Crippen molar-refractivity contribution in [3.8, 4) is 23.1 Å². The highest BCUT2D eigenvalue weighted by atomic mass is 16.5. The molecule has 0 saturated heterocycles. The Hall–Kier alpha value is -2.37. The first-order chi connectivity index (χ1) is 10.3. The number of nitrogens with zero attached hydrogens (tertiary/aromatic N) is 3. The number of benzene rings is 1. The number of ether oxygens (including phenoxy) is 2. The minimum absolute atomic E-state index is 0.335. The molecule has 21 heavy (non-hydrogen) atoms. The molecular formula is C15H18N4O2. The monoisotopic (exact) mass is 286 g/mol. The van der Waals surface area contributed by atoms with Crippen molar-refractivity contribution >= 4 is 5.95 Å². The van der Waals surface area contributed by atoms with Crippen LogP contribution in [-0.2, 0) is 6.42 Å². The van der Waals surface area contributed by atoms with E-state index in [-0.39, 0.29) is 0 Å². The molecule has 3 rings (SSSR count). The molecule has 1 aromatic carbocycles. The second-order valence-electron chi connectivity index (χ2n) is 4.76. The Balaban J connectivity index is 2.03. The summed E-state index contributed by atoms with van der Waals surface area (Å²) >= 11 is 0. The van der Waals surface area contributed by atoms with Gasteiger partial charge in [-0.25, -0.2) is 0 Å². The van der Waals surface area contributed by atoms with Crippen LogP contribution in [0.4, 0.5) is 5.95 Å². The van der Waals surface area contributed by atoms with Crippen molar-refractivity contribution in [3.05, 3.63) is 23.8 Å². The Kier molecular flexibility index (Phi) is 3.85. The highest BCUT2D eigenvalue weighted by molar-refractivity contribution is 5.68. The molecule has 6 heteroatoms. The molecule has 1 aliphatic heterocycles. The van der Waals surface area contributed by atoms with E-state index in [0.29, 0.717) is 31.0 Å². The number of para-hydroxylation sites is 1. The lowest BCUT2D eigenvalue weighted by atomic mass is 10.1. The fourth-order valence-electron chi connectivity index (χ4n) is 2.24. The fourth-order valence-corrected chi connectivity index (χ4v) is 2.24. The van der Waals surface area contributed by atoms with Gasteiger partial charge < -0.3 is 14.8 Å². The molecule has 6 nitrogen and oxygen atoms in total. The molecule has 0 saturated carbocycles. The fraction of sp³-hybridized carbons (Fsp3) is 0.400. The van der Waals surface area contributed by atoms with Crippen LogP contribution in [0.5, 0.6) is 11.8 Å². The average Bonchev–Trinajstić information content (AvgIpc) is 3.01. The maximum atomic E-state index is 5.72. The molecule has 0 aliphatic carbocycles. The highest BCUT2D eigenvalue weighted by Crippen LogP contribution is 2.35. The van der Waals surface area contributed by atoms with E-state index in [4.69, 9.17) is 9.47 Å². The summed E-state index contributed by atoms with van der Waals surface area (Å²) in [7, 11) is 1.77. The molecule has 1 aliphatic rings. The number of nitrogens with one attached hydrogen (secondary N) is 1. The van der Waals surface area contributed by atoms with Gasteiger partial charge >= 0.3 is 6.01 Å². The molecular weight excluding hydrogens is 268 g/mol. The van der Waals surface area contributed by atoms with E-state index in [9.17, 15) is 0 Å². The Bertz CT molecular complexity index is 646. The zero-order valence-corrected chi connectivity index (χ0v) is 12.2.